The third-order valence-corrected chi connectivity index (χ3v) is 13.0. The Morgan fingerprint density at radius 1 is 0.302 bits per heavy atom. The third-order valence-electron chi connectivity index (χ3n) is 13.0. The summed E-state index contributed by atoms with van der Waals surface area (Å²) in [6.45, 7) is 0. The first-order valence-corrected chi connectivity index (χ1v) is 21.7. The van der Waals surface area contributed by atoms with Crippen LogP contribution in [0, 0.1) is 0 Å². The lowest BCUT2D eigenvalue weighted by Crippen LogP contribution is -2.28. The van der Waals surface area contributed by atoms with Gasteiger partial charge in [0.15, 0.2) is 0 Å². The smallest absolute Gasteiger partial charge is 0.135 e. The molecule has 63 heavy (non-hydrogen) atoms. The molecule has 12 rings (SSSR count). The van der Waals surface area contributed by atoms with Crippen molar-refractivity contribution in [1.29, 1.82) is 0 Å². The topological polar surface area (TPSA) is 16.4 Å². The van der Waals surface area contributed by atoms with Crippen LogP contribution in [0.5, 0.6) is 0 Å². The standard InChI is InChI=1S/C61H41NO/c1-4-16-42(17-5-1)43-28-30-44(31-29-43)45-32-35-49(36-33-45)62(58-26-14-11-22-51(58)46-34-39-60-55(40-46)54-24-12-15-27-59(54)63-60)50-37-38-53-52-23-10-13-25-56(52)61(57(53)41-50,47-18-6-2-7-19-47)48-20-8-3-9-21-48/h1-41H. The number of nitrogens with zero attached hydrogens (tertiary/aromatic N) is 1. The fourth-order valence-electron chi connectivity index (χ4n) is 10.1. The largest absolute Gasteiger partial charge is 0.456 e. The van der Waals surface area contributed by atoms with Crippen LogP contribution in [-0.4, -0.2) is 0 Å². The summed E-state index contributed by atoms with van der Waals surface area (Å²) in [6.07, 6.45) is 0. The van der Waals surface area contributed by atoms with Crippen molar-refractivity contribution < 1.29 is 4.42 Å². The normalized spacial score (nSPS) is 12.6. The Kier molecular flexibility index (Phi) is 8.76. The van der Waals surface area contributed by atoms with Crippen molar-refractivity contribution in [3.63, 3.8) is 0 Å². The van der Waals surface area contributed by atoms with Gasteiger partial charge in [0.1, 0.15) is 11.2 Å². The van der Waals surface area contributed by atoms with E-state index in [1.54, 1.807) is 0 Å². The van der Waals surface area contributed by atoms with Crippen molar-refractivity contribution in [3.8, 4) is 44.5 Å². The van der Waals surface area contributed by atoms with E-state index in [0.29, 0.717) is 0 Å². The minimum absolute atomic E-state index is 0.529. The van der Waals surface area contributed by atoms with Crippen LogP contribution in [0.4, 0.5) is 17.1 Å². The summed E-state index contributed by atoms with van der Waals surface area (Å²) < 4.78 is 6.29. The zero-order valence-electron chi connectivity index (χ0n) is 34.5. The van der Waals surface area contributed by atoms with Crippen LogP contribution in [0.2, 0.25) is 0 Å². The Bertz CT molecular complexity index is 3380. The molecule has 0 saturated carbocycles. The minimum atomic E-state index is -0.529. The van der Waals surface area contributed by atoms with Gasteiger partial charge in [-0.25, -0.2) is 0 Å². The van der Waals surface area contributed by atoms with Crippen LogP contribution >= 0.6 is 0 Å². The van der Waals surface area contributed by atoms with E-state index < -0.39 is 5.41 Å². The molecule has 1 aromatic heterocycles. The van der Waals surface area contributed by atoms with E-state index in [4.69, 9.17) is 4.42 Å². The molecule has 0 atom stereocenters. The van der Waals surface area contributed by atoms with Crippen molar-refractivity contribution in [2.75, 3.05) is 4.90 Å². The summed E-state index contributed by atoms with van der Waals surface area (Å²) in [5.74, 6) is 0. The highest BCUT2D eigenvalue weighted by Crippen LogP contribution is 2.57. The van der Waals surface area contributed by atoms with Gasteiger partial charge in [-0.3, -0.25) is 0 Å². The Hall–Kier alpha value is -8.20. The van der Waals surface area contributed by atoms with E-state index in [2.05, 4.69) is 241 Å². The quantitative estimate of drug-likeness (QED) is 0.152. The Labute approximate surface area is 367 Å². The molecule has 1 heterocycles. The molecule has 0 saturated heterocycles. The molecule has 0 N–H and O–H groups in total. The average Bonchev–Trinajstić information content (AvgIpc) is 3.89. The maximum atomic E-state index is 6.29. The number of para-hydroxylation sites is 2. The fraction of sp³-hybridized carbons (Fsp3) is 0.0164. The average molecular weight is 804 g/mol. The molecule has 1 aliphatic carbocycles. The van der Waals surface area contributed by atoms with Gasteiger partial charge < -0.3 is 9.32 Å². The second kappa shape index (κ2) is 15.1. The van der Waals surface area contributed by atoms with Gasteiger partial charge in [-0.1, -0.05) is 200 Å². The zero-order chi connectivity index (χ0) is 41.7. The third kappa shape index (κ3) is 6.02. The van der Waals surface area contributed by atoms with Crippen molar-refractivity contribution in [3.05, 3.63) is 271 Å². The SMILES string of the molecule is c1ccc(-c2ccc(-c3ccc(N(c4ccc5c(c4)C(c4ccccc4)(c4ccccc4)c4ccccc4-5)c4ccccc4-c4ccc5oc6ccccc6c5c4)cc3)cc2)cc1. The molecule has 1 aliphatic rings. The highest BCUT2D eigenvalue weighted by atomic mass is 16.3. The number of anilines is 3. The molecule has 0 amide bonds. The maximum absolute atomic E-state index is 6.29. The van der Waals surface area contributed by atoms with E-state index in [-0.39, 0.29) is 0 Å². The van der Waals surface area contributed by atoms with Gasteiger partial charge in [-0.2, -0.15) is 0 Å². The lowest BCUT2D eigenvalue weighted by molar-refractivity contribution is 0.669. The highest BCUT2D eigenvalue weighted by molar-refractivity contribution is 6.07. The van der Waals surface area contributed by atoms with Crippen molar-refractivity contribution in [2.24, 2.45) is 0 Å². The van der Waals surface area contributed by atoms with E-state index in [9.17, 15) is 0 Å². The lowest BCUT2D eigenvalue weighted by atomic mass is 9.67. The first-order chi connectivity index (χ1) is 31.2. The van der Waals surface area contributed by atoms with Crippen LogP contribution in [0.1, 0.15) is 22.3 Å². The van der Waals surface area contributed by atoms with Gasteiger partial charge in [0.2, 0.25) is 0 Å². The molecule has 296 valence electrons. The number of hydrogen-bond acceptors (Lipinski definition) is 2. The molecule has 0 unspecified atom stereocenters. The molecular weight excluding hydrogens is 763 g/mol. The number of furan rings is 1. The highest BCUT2D eigenvalue weighted by Gasteiger charge is 2.46. The van der Waals surface area contributed by atoms with Crippen molar-refractivity contribution in [2.45, 2.75) is 5.41 Å². The Morgan fingerprint density at radius 2 is 0.794 bits per heavy atom. The summed E-state index contributed by atoms with van der Waals surface area (Å²) in [4.78, 5) is 2.44. The lowest BCUT2D eigenvalue weighted by Gasteiger charge is -2.35. The zero-order valence-corrected chi connectivity index (χ0v) is 34.5. The summed E-state index contributed by atoms with van der Waals surface area (Å²) in [5.41, 5.74) is 19.1. The second-order valence-corrected chi connectivity index (χ2v) is 16.4. The van der Waals surface area contributed by atoms with E-state index in [0.717, 1.165) is 50.1 Å². The molecule has 0 spiro atoms. The maximum Gasteiger partial charge on any atom is 0.135 e. The van der Waals surface area contributed by atoms with Crippen LogP contribution in [0.25, 0.3) is 66.4 Å². The first-order valence-electron chi connectivity index (χ1n) is 21.7. The summed E-state index contributed by atoms with van der Waals surface area (Å²) in [5, 5.41) is 2.23. The molecule has 2 nitrogen and oxygen atoms in total. The molecular formula is C61H41NO. The van der Waals surface area contributed by atoms with Crippen LogP contribution in [0.3, 0.4) is 0 Å². The molecule has 10 aromatic carbocycles. The summed E-state index contributed by atoms with van der Waals surface area (Å²) in [7, 11) is 0. The van der Waals surface area contributed by atoms with Crippen LogP contribution in [-0.2, 0) is 5.41 Å². The minimum Gasteiger partial charge on any atom is -0.456 e. The van der Waals surface area contributed by atoms with Gasteiger partial charge in [0.05, 0.1) is 11.1 Å². The first kappa shape index (κ1) is 36.6. The predicted molar refractivity (Wildman–Crippen MR) is 262 cm³/mol. The van der Waals surface area contributed by atoms with Crippen LogP contribution < -0.4 is 4.90 Å². The fourth-order valence-corrected chi connectivity index (χ4v) is 10.1. The van der Waals surface area contributed by atoms with Gasteiger partial charge in [0.25, 0.3) is 0 Å². The van der Waals surface area contributed by atoms with E-state index in [1.807, 2.05) is 12.1 Å². The summed E-state index contributed by atoms with van der Waals surface area (Å²) >= 11 is 0. The number of rotatable bonds is 8. The Morgan fingerprint density at radius 3 is 1.49 bits per heavy atom. The molecule has 0 radical (unpaired) electrons. The van der Waals surface area contributed by atoms with Gasteiger partial charge in [-0.15, -0.1) is 0 Å². The predicted octanol–water partition coefficient (Wildman–Crippen LogP) is 16.4. The molecule has 0 aliphatic heterocycles. The molecule has 0 bridgehead atoms. The van der Waals surface area contributed by atoms with E-state index >= 15 is 0 Å². The van der Waals surface area contributed by atoms with Gasteiger partial charge in [0, 0.05) is 27.7 Å². The summed E-state index contributed by atoms with van der Waals surface area (Å²) in [6, 6.07) is 90.4. The molecule has 2 heteroatoms. The van der Waals surface area contributed by atoms with Gasteiger partial charge in [-0.05, 0) is 110 Å². The molecule has 0 fully saturated rings. The van der Waals surface area contributed by atoms with Crippen molar-refractivity contribution in [1.82, 2.24) is 0 Å². The number of benzene rings is 10. The molecule has 11 aromatic rings. The van der Waals surface area contributed by atoms with Crippen molar-refractivity contribution >= 4 is 39.0 Å². The Balaban J connectivity index is 1.06. The van der Waals surface area contributed by atoms with Crippen LogP contribution in [0.15, 0.2) is 253 Å². The monoisotopic (exact) mass is 803 g/mol. The number of hydrogen-bond donors (Lipinski definition) is 0. The number of fused-ring (bicyclic) bond motifs is 6. The second-order valence-electron chi connectivity index (χ2n) is 16.4. The van der Waals surface area contributed by atoms with E-state index in [1.165, 1.54) is 55.6 Å². The van der Waals surface area contributed by atoms with Gasteiger partial charge >= 0.3 is 0 Å².